The zero-order chi connectivity index (χ0) is 29.6. The molecule has 0 radical (unpaired) electrons. The van der Waals surface area contributed by atoms with Crippen LogP contribution in [0.3, 0.4) is 0 Å². The molecule has 0 bridgehead atoms. The van der Waals surface area contributed by atoms with Crippen molar-refractivity contribution in [2.24, 2.45) is 11.3 Å². The normalized spacial score (nSPS) is 23.0. The van der Waals surface area contributed by atoms with Gasteiger partial charge in [0.25, 0.3) is 6.43 Å². The molecule has 8 nitrogen and oxygen atoms in total. The molecule has 1 aromatic carbocycles. The van der Waals surface area contributed by atoms with Gasteiger partial charge in [0.1, 0.15) is 0 Å². The zero-order valence-electron chi connectivity index (χ0n) is 25.1. The molecule has 1 N–H and O–H groups in total. The predicted octanol–water partition coefficient (Wildman–Crippen LogP) is 4.95. The number of hydrogen-bond acceptors (Lipinski definition) is 6. The van der Waals surface area contributed by atoms with Gasteiger partial charge in [-0.25, -0.2) is 8.78 Å². The molecule has 1 unspecified atom stereocenters. The lowest BCUT2D eigenvalue weighted by Crippen LogP contribution is -2.48. The van der Waals surface area contributed by atoms with Crippen LogP contribution < -0.4 is 10.2 Å². The van der Waals surface area contributed by atoms with Crippen LogP contribution in [0.4, 0.5) is 20.3 Å². The van der Waals surface area contributed by atoms with Crippen LogP contribution in [0, 0.1) is 22.7 Å². The second kappa shape index (κ2) is 11.6. The summed E-state index contributed by atoms with van der Waals surface area (Å²) >= 11 is 0. The number of nitrogens with one attached hydrogen (secondary N) is 1. The summed E-state index contributed by atoms with van der Waals surface area (Å²) in [5.74, 6) is 1.50. The predicted molar refractivity (Wildman–Crippen MR) is 158 cm³/mol. The molecule has 4 aliphatic rings. The molecule has 2 fully saturated rings. The lowest BCUT2D eigenvalue weighted by atomic mass is 9.74. The van der Waals surface area contributed by atoms with Crippen LogP contribution in [-0.4, -0.2) is 71.3 Å². The quantitative estimate of drug-likeness (QED) is 0.540. The van der Waals surface area contributed by atoms with Crippen molar-refractivity contribution in [3.05, 3.63) is 40.1 Å². The van der Waals surface area contributed by atoms with E-state index in [-0.39, 0.29) is 23.1 Å². The monoisotopic (exact) mass is 579 g/mol. The molecule has 226 valence electrons. The van der Waals surface area contributed by atoms with E-state index in [4.69, 9.17) is 5.10 Å². The van der Waals surface area contributed by atoms with E-state index in [0.29, 0.717) is 36.7 Å². The van der Waals surface area contributed by atoms with E-state index in [0.717, 1.165) is 81.8 Å². The molecule has 0 spiro atoms. The van der Waals surface area contributed by atoms with Crippen molar-refractivity contribution in [2.45, 2.75) is 78.3 Å². The van der Waals surface area contributed by atoms with E-state index in [2.05, 4.69) is 33.6 Å². The average Bonchev–Trinajstić information content (AvgIpc) is 3.36. The van der Waals surface area contributed by atoms with Crippen molar-refractivity contribution in [3.63, 3.8) is 0 Å². The van der Waals surface area contributed by atoms with E-state index in [9.17, 15) is 18.8 Å². The fourth-order valence-corrected chi connectivity index (χ4v) is 7.58. The molecular weight excluding hydrogens is 536 g/mol. The fraction of sp³-hybridized carbons (Fsp3) is 0.656. The number of amides is 1. The van der Waals surface area contributed by atoms with Gasteiger partial charge in [-0.05, 0) is 67.7 Å². The van der Waals surface area contributed by atoms with Crippen LogP contribution in [0.2, 0.25) is 0 Å². The number of anilines is 2. The Kier molecular flexibility index (Phi) is 8.01. The number of alkyl halides is 2. The minimum atomic E-state index is -2.73. The van der Waals surface area contributed by atoms with Gasteiger partial charge in [-0.2, -0.15) is 10.4 Å². The summed E-state index contributed by atoms with van der Waals surface area (Å²) in [5, 5.41) is 18.3. The maximum Gasteiger partial charge on any atom is 0.265 e. The summed E-state index contributed by atoms with van der Waals surface area (Å²) in [4.78, 5) is 19.0. The number of aromatic nitrogens is 2. The van der Waals surface area contributed by atoms with Crippen LogP contribution in [-0.2, 0) is 24.2 Å². The molecule has 2 aromatic rings. The van der Waals surface area contributed by atoms with Crippen LogP contribution >= 0.6 is 0 Å². The first kappa shape index (κ1) is 29.1. The molecule has 1 atom stereocenters. The summed E-state index contributed by atoms with van der Waals surface area (Å²) in [7, 11) is 0. The first-order valence-corrected chi connectivity index (χ1v) is 15.6. The molecule has 4 aliphatic heterocycles. The standard InChI is InChI=1S/C32H43F2N7O/c1-21(42)39-14-9-28-27(19-39)31(40-11-4-5-22-15-23(17-35)26(30(33)34)16-29(22)40)37-41(28)25-7-12-38(13-8-25)18-24-6-10-36-20-32(24,2)3/h15-16,24-25,30,36H,4-14,18-20H2,1-3H3. The molecule has 0 aliphatic carbocycles. The van der Waals surface area contributed by atoms with Crippen molar-refractivity contribution in [1.82, 2.24) is 24.9 Å². The van der Waals surface area contributed by atoms with Gasteiger partial charge in [-0.15, -0.1) is 0 Å². The highest BCUT2D eigenvalue weighted by Crippen LogP contribution is 2.42. The zero-order valence-corrected chi connectivity index (χ0v) is 25.1. The van der Waals surface area contributed by atoms with Crippen molar-refractivity contribution in [3.8, 4) is 6.07 Å². The van der Waals surface area contributed by atoms with Gasteiger partial charge in [0, 0.05) is 75.1 Å². The molecular formula is C32H43F2N7O. The summed E-state index contributed by atoms with van der Waals surface area (Å²) in [6.07, 6.45) is 2.85. The maximum atomic E-state index is 14.0. The van der Waals surface area contributed by atoms with Crippen LogP contribution in [0.25, 0.3) is 0 Å². The van der Waals surface area contributed by atoms with E-state index >= 15 is 0 Å². The Hall–Kier alpha value is -3.03. The van der Waals surface area contributed by atoms with Crippen molar-refractivity contribution >= 4 is 17.4 Å². The Morgan fingerprint density at radius 1 is 1.17 bits per heavy atom. The Labute approximate surface area is 247 Å². The van der Waals surface area contributed by atoms with Gasteiger partial charge in [0.15, 0.2) is 5.82 Å². The van der Waals surface area contributed by atoms with Gasteiger partial charge >= 0.3 is 0 Å². The summed E-state index contributed by atoms with van der Waals surface area (Å²) < 4.78 is 30.1. The van der Waals surface area contributed by atoms with Gasteiger partial charge in [0.05, 0.1) is 24.2 Å². The molecule has 1 aromatic heterocycles. The van der Waals surface area contributed by atoms with Crippen LogP contribution in [0.1, 0.15) is 86.9 Å². The lowest BCUT2D eigenvalue weighted by Gasteiger charge is -2.43. The first-order chi connectivity index (χ1) is 20.2. The molecule has 2 saturated heterocycles. The second-order valence-electron chi connectivity index (χ2n) is 13.3. The van der Waals surface area contributed by atoms with E-state index in [1.165, 1.54) is 18.2 Å². The number of hydrogen-bond donors (Lipinski definition) is 1. The third-order valence-electron chi connectivity index (χ3n) is 10.2. The number of fused-ring (bicyclic) bond motifs is 2. The Morgan fingerprint density at radius 2 is 1.95 bits per heavy atom. The second-order valence-corrected chi connectivity index (χ2v) is 13.3. The minimum Gasteiger partial charge on any atom is -0.338 e. The topological polar surface area (TPSA) is 80.4 Å². The largest absolute Gasteiger partial charge is 0.338 e. The Balaban J connectivity index is 1.30. The number of halogens is 2. The summed E-state index contributed by atoms with van der Waals surface area (Å²) in [6, 6.07) is 5.36. The molecule has 5 heterocycles. The Bertz CT molecular complexity index is 1370. The van der Waals surface area contributed by atoms with Gasteiger partial charge < -0.3 is 20.0 Å². The number of aryl methyl sites for hydroxylation is 1. The highest BCUT2D eigenvalue weighted by atomic mass is 19.3. The number of nitriles is 1. The van der Waals surface area contributed by atoms with Crippen molar-refractivity contribution in [1.29, 1.82) is 5.26 Å². The fourth-order valence-electron chi connectivity index (χ4n) is 7.58. The highest BCUT2D eigenvalue weighted by molar-refractivity contribution is 5.75. The van der Waals surface area contributed by atoms with Crippen molar-refractivity contribution < 1.29 is 13.6 Å². The number of benzene rings is 1. The minimum absolute atomic E-state index is 0.0335. The number of piperidine rings is 2. The van der Waals surface area contributed by atoms with Crippen LogP contribution in [0.5, 0.6) is 0 Å². The number of carbonyl (C=O) groups excluding carboxylic acids is 1. The SMILES string of the molecule is CC(=O)N1CCc2c(c(N3CCCc4cc(C#N)c(C(F)F)cc43)nn2C2CCN(CC3CCNCC3(C)C)CC2)C1. The molecule has 1 amide bonds. The van der Waals surface area contributed by atoms with Gasteiger partial charge in [-0.1, -0.05) is 13.8 Å². The van der Waals surface area contributed by atoms with Gasteiger partial charge in [-0.3, -0.25) is 9.48 Å². The third-order valence-corrected chi connectivity index (χ3v) is 10.2. The molecule has 42 heavy (non-hydrogen) atoms. The maximum absolute atomic E-state index is 14.0. The lowest BCUT2D eigenvalue weighted by molar-refractivity contribution is -0.129. The van der Waals surface area contributed by atoms with Gasteiger partial charge in [0.2, 0.25) is 5.91 Å². The van der Waals surface area contributed by atoms with E-state index in [1.54, 1.807) is 13.0 Å². The summed E-state index contributed by atoms with van der Waals surface area (Å²) in [5.41, 5.74) is 3.94. The molecule has 10 heteroatoms. The highest BCUT2D eigenvalue weighted by Gasteiger charge is 2.37. The third kappa shape index (κ3) is 5.42. The number of carbonyl (C=O) groups is 1. The first-order valence-electron chi connectivity index (χ1n) is 15.6. The summed E-state index contributed by atoms with van der Waals surface area (Å²) in [6.45, 7) is 13.5. The average molecular weight is 580 g/mol. The number of nitrogens with zero attached hydrogens (tertiary/aromatic N) is 6. The Morgan fingerprint density at radius 3 is 2.64 bits per heavy atom. The number of rotatable bonds is 5. The van der Waals surface area contributed by atoms with E-state index in [1.807, 2.05) is 11.0 Å². The smallest absolute Gasteiger partial charge is 0.265 e. The molecule has 0 saturated carbocycles. The van der Waals surface area contributed by atoms with Crippen LogP contribution in [0.15, 0.2) is 12.1 Å². The van der Waals surface area contributed by atoms with E-state index < -0.39 is 6.43 Å². The molecule has 6 rings (SSSR count). The number of likely N-dealkylation sites (tertiary alicyclic amines) is 1. The van der Waals surface area contributed by atoms with Crippen molar-refractivity contribution in [2.75, 3.05) is 50.7 Å².